The first-order valence-corrected chi connectivity index (χ1v) is 8.37. The van der Waals surface area contributed by atoms with E-state index in [9.17, 15) is 9.59 Å². The van der Waals surface area contributed by atoms with Gasteiger partial charge in [-0.1, -0.05) is 12.1 Å². The third-order valence-electron chi connectivity index (χ3n) is 3.71. The van der Waals surface area contributed by atoms with Crippen LogP contribution in [0.3, 0.4) is 0 Å². The van der Waals surface area contributed by atoms with Gasteiger partial charge in [-0.3, -0.25) is 9.59 Å². The quantitative estimate of drug-likeness (QED) is 0.810. The molecule has 0 spiro atoms. The molecule has 1 aliphatic rings. The van der Waals surface area contributed by atoms with Crippen LogP contribution in [0.2, 0.25) is 0 Å². The van der Waals surface area contributed by atoms with E-state index in [0.29, 0.717) is 13.0 Å². The third kappa shape index (κ3) is 5.85. The number of carbonyl (C=O) groups is 2. The highest BCUT2D eigenvalue weighted by atomic mass is 16.5. The van der Waals surface area contributed by atoms with Crippen LogP contribution in [0.25, 0.3) is 0 Å². The van der Waals surface area contributed by atoms with Gasteiger partial charge in [-0.05, 0) is 44.9 Å². The molecule has 1 aliphatic heterocycles. The number of hydrogen-bond donors (Lipinski definition) is 2. The lowest BCUT2D eigenvalue weighted by atomic mass is 10.1. The van der Waals surface area contributed by atoms with Crippen molar-refractivity contribution in [1.82, 2.24) is 10.6 Å². The van der Waals surface area contributed by atoms with Gasteiger partial charge >= 0.3 is 11.8 Å². The molecule has 24 heavy (non-hydrogen) atoms. The van der Waals surface area contributed by atoms with E-state index < -0.39 is 17.4 Å². The molecule has 1 aromatic carbocycles. The lowest BCUT2D eigenvalue weighted by molar-refractivity contribution is -0.140. The van der Waals surface area contributed by atoms with E-state index in [2.05, 4.69) is 39.8 Å². The first kappa shape index (κ1) is 18.3. The zero-order chi connectivity index (χ0) is 17.6. The van der Waals surface area contributed by atoms with Crippen LogP contribution in [-0.2, 0) is 20.7 Å². The van der Waals surface area contributed by atoms with Crippen molar-refractivity contribution in [2.24, 2.45) is 0 Å². The molecule has 0 aliphatic carbocycles. The first-order chi connectivity index (χ1) is 11.3. The van der Waals surface area contributed by atoms with Crippen LogP contribution in [0.4, 0.5) is 5.69 Å². The first-order valence-electron chi connectivity index (χ1n) is 8.37. The second-order valence-corrected chi connectivity index (χ2v) is 6.98. The molecule has 1 heterocycles. The fraction of sp³-hybridized carbons (Fsp3) is 0.556. The summed E-state index contributed by atoms with van der Waals surface area (Å²) in [7, 11) is 0. The van der Waals surface area contributed by atoms with Gasteiger partial charge in [0.2, 0.25) is 0 Å². The molecule has 1 saturated heterocycles. The number of ether oxygens (including phenoxy) is 1. The van der Waals surface area contributed by atoms with Gasteiger partial charge in [0.1, 0.15) is 0 Å². The molecule has 2 amide bonds. The summed E-state index contributed by atoms with van der Waals surface area (Å²) < 4.78 is 5.36. The maximum absolute atomic E-state index is 11.7. The number of rotatable bonds is 4. The number of benzene rings is 1. The Morgan fingerprint density at radius 3 is 2.29 bits per heavy atom. The summed E-state index contributed by atoms with van der Waals surface area (Å²) in [4.78, 5) is 25.7. The zero-order valence-corrected chi connectivity index (χ0v) is 14.7. The maximum atomic E-state index is 11.7. The normalized spacial score (nSPS) is 15.0. The van der Waals surface area contributed by atoms with Crippen LogP contribution in [0, 0.1) is 0 Å². The smallest absolute Gasteiger partial charge is 0.309 e. The summed E-state index contributed by atoms with van der Waals surface area (Å²) in [6.45, 7) is 9.33. The summed E-state index contributed by atoms with van der Waals surface area (Å²) in [6, 6.07) is 8.31. The number of hydrogen-bond acceptors (Lipinski definition) is 4. The van der Waals surface area contributed by atoms with Gasteiger partial charge in [-0.25, -0.2) is 0 Å². The van der Waals surface area contributed by atoms with Crippen LogP contribution in [-0.4, -0.2) is 50.2 Å². The van der Waals surface area contributed by atoms with Crippen LogP contribution < -0.4 is 15.5 Å². The Kier molecular flexibility index (Phi) is 6.20. The molecular formula is C18H27N3O3. The van der Waals surface area contributed by atoms with Crippen LogP contribution >= 0.6 is 0 Å². The van der Waals surface area contributed by atoms with Crippen molar-refractivity contribution in [1.29, 1.82) is 0 Å². The molecule has 0 unspecified atom stereocenters. The van der Waals surface area contributed by atoms with E-state index in [0.717, 1.165) is 31.9 Å². The van der Waals surface area contributed by atoms with Crippen molar-refractivity contribution < 1.29 is 14.3 Å². The van der Waals surface area contributed by atoms with Crippen molar-refractivity contribution in [3.8, 4) is 0 Å². The number of carbonyl (C=O) groups excluding carboxylic acids is 2. The maximum Gasteiger partial charge on any atom is 0.309 e. The minimum Gasteiger partial charge on any atom is -0.378 e. The molecule has 1 aromatic rings. The predicted molar refractivity (Wildman–Crippen MR) is 94.1 cm³/mol. The summed E-state index contributed by atoms with van der Waals surface area (Å²) in [5, 5.41) is 5.30. The largest absolute Gasteiger partial charge is 0.378 e. The number of amides is 2. The monoisotopic (exact) mass is 333 g/mol. The zero-order valence-electron chi connectivity index (χ0n) is 14.7. The summed E-state index contributed by atoms with van der Waals surface area (Å²) in [5.41, 5.74) is 1.91. The van der Waals surface area contributed by atoms with Crippen molar-refractivity contribution in [3.63, 3.8) is 0 Å². The Hall–Kier alpha value is -2.08. The van der Waals surface area contributed by atoms with Crippen LogP contribution in [0.5, 0.6) is 0 Å². The molecule has 6 nitrogen and oxygen atoms in total. The van der Waals surface area contributed by atoms with E-state index in [-0.39, 0.29) is 0 Å². The van der Waals surface area contributed by atoms with Gasteiger partial charge in [-0.15, -0.1) is 0 Å². The predicted octanol–water partition coefficient (Wildman–Crippen LogP) is 1.10. The molecular weight excluding hydrogens is 306 g/mol. The molecule has 2 N–H and O–H groups in total. The highest BCUT2D eigenvalue weighted by Gasteiger charge is 2.19. The Morgan fingerprint density at radius 2 is 1.71 bits per heavy atom. The highest BCUT2D eigenvalue weighted by Crippen LogP contribution is 2.16. The van der Waals surface area contributed by atoms with Crippen LogP contribution in [0.1, 0.15) is 26.3 Å². The second kappa shape index (κ2) is 8.15. The fourth-order valence-corrected chi connectivity index (χ4v) is 2.49. The standard InChI is InChI=1S/C18H27N3O3/c1-18(2,3)20-17(23)16(22)19-9-8-14-4-6-15(7-5-14)21-10-12-24-13-11-21/h4-7H,8-13H2,1-3H3,(H,19,22)(H,20,23). The van der Waals surface area contributed by atoms with E-state index in [1.165, 1.54) is 5.69 Å². The van der Waals surface area contributed by atoms with Gasteiger partial charge in [-0.2, -0.15) is 0 Å². The molecule has 0 saturated carbocycles. The molecule has 1 fully saturated rings. The Bertz CT molecular complexity index is 558. The summed E-state index contributed by atoms with van der Waals surface area (Å²) in [5.74, 6) is -1.18. The van der Waals surface area contributed by atoms with Crippen LogP contribution in [0.15, 0.2) is 24.3 Å². The Labute approximate surface area is 143 Å². The van der Waals surface area contributed by atoms with Crippen molar-refractivity contribution in [2.75, 3.05) is 37.7 Å². The van der Waals surface area contributed by atoms with Crippen molar-refractivity contribution in [3.05, 3.63) is 29.8 Å². The fourth-order valence-electron chi connectivity index (χ4n) is 2.49. The lowest BCUT2D eigenvalue weighted by Gasteiger charge is -2.28. The number of nitrogens with one attached hydrogen (secondary N) is 2. The lowest BCUT2D eigenvalue weighted by Crippen LogP contribution is -2.48. The molecule has 6 heteroatoms. The van der Waals surface area contributed by atoms with E-state index in [1.54, 1.807) is 0 Å². The Morgan fingerprint density at radius 1 is 1.08 bits per heavy atom. The van der Waals surface area contributed by atoms with Gasteiger partial charge < -0.3 is 20.3 Å². The van der Waals surface area contributed by atoms with Crippen molar-refractivity contribution in [2.45, 2.75) is 32.7 Å². The number of morpholine rings is 1. The summed E-state index contributed by atoms with van der Waals surface area (Å²) in [6.07, 6.45) is 0.692. The van der Waals surface area contributed by atoms with E-state index >= 15 is 0 Å². The number of nitrogens with zero attached hydrogens (tertiary/aromatic N) is 1. The van der Waals surface area contributed by atoms with Gasteiger partial charge in [0.25, 0.3) is 0 Å². The molecule has 132 valence electrons. The van der Waals surface area contributed by atoms with Gasteiger partial charge in [0.15, 0.2) is 0 Å². The van der Waals surface area contributed by atoms with Gasteiger partial charge in [0.05, 0.1) is 13.2 Å². The summed E-state index contributed by atoms with van der Waals surface area (Å²) >= 11 is 0. The average molecular weight is 333 g/mol. The SMILES string of the molecule is CC(C)(C)NC(=O)C(=O)NCCc1ccc(N2CCOCC2)cc1. The van der Waals surface area contributed by atoms with Crippen molar-refractivity contribution >= 4 is 17.5 Å². The van der Waals surface area contributed by atoms with E-state index in [4.69, 9.17) is 4.74 Å². The van der Waals surface area contributed by atoms with E-state index in [1.807, 2.05) is 20.8 Å². The minimum absolute atomic E-state index is 0.413. The topological polar surface area (TPSA) is 70.7 Å². The second-order valence-electron chi connectivity index (χ2n) is 6.98. The molecule has 0 aromatic heterocycles. The average Bonchev–Trinajstić information content (AvgIpc) is 2.54. The number of anilines is 1. The highest BCUT2D eigenvalue weighted by molar-refractivity contribution is 6.35. The van der Waals surface area contributed by atoms with Gasteiger partial charge in [0, 0.05) is 30.9 Å². The third-order valence-corrected chi connectivity index (χ3v) is 3.71. The molecule has 0 radical (unpaired) electrons. The molecule has 0 bridgehead atoms. The Balaban J connectivity index is 1.76. The minimum atomic E-state index is -0.592. The molecule has 0 atom stereocenters. The molecule has 2 rings (SSSR count).